The fraction of sp³-hybridized carbons (Fsp3) is 0.391. The summed E-state index contributed by atoms with van der Waals surface area (Å²) in [6.45, 7) is 0.614. The number of benzene rings is 2. The third-order valence-electron chi connectivity index (χ3n) is 5.50. The van der Waals surface area contributed by atoms with Crippen LogP contribution in [0.4, 0.5) is 0 Å². The van der Waals surface area contributed by atoms with Crippen LogP contribution in [0.1, 0.15) is 36.8 Å². The second-order valence-electron chi connectivity index (χ2n) is 7.87. The van der Waals surface area contributed by atoms with Crippen molar-refractivity contribution in [1.29, 1.82) is 0 Å². The fourth-order valence-corrected chi connectivity index (χ4v) is 3.64. The van der Waals surface area contributed by atoms with Gasteiger partial charge in [0, 0.05) is 17.6 Å². The molecule has 152 valence electrons. The van der Waals surface area contributed by atoms with E-state index in [0.29, 0.717) is 23.4 Å². The molecule has 29 heavy (non-hydrogen) atoms. The summed E-state index contributed by atoms with van der Waals surface area (Å²) in [5.41, 5.74) is 1.69. The van der Waals surface area contributed by atoms with Crippen molar-refractivity contribution in [3.63, 3.8) is 0 Å². The molecule has 2 fully saturated rings. The van der Waals surface area contributed by atoms with Crippen LogP contribution in [0.5, 0.6) is 5.75 Å². The summed E-state index contributed by atoms with van der Waals surface area (Å²) in [6.07, 6.45) is 4.59. The topological polar surface area (TPSA) is 67.4 Å². The van der Waals surface area contributed by atoms with Crippen molar-refractivity contribution in [3.05, 3.63) is 64.7 Å². The highest BCUT2D eigenvalue weighted by Crippen LogP contribution is 2.48. The Bertz CT molecular complexity index is 889. The zero-order valence-electron chi connectivity index (χ0n) is 16.2. The number of halogens is 1. The second-order valence-corrected chi connectivity index (χ2v) is 8.31. The summed E-state index contributed by atoms with van der Waals surface area (Å²) < 4.78 is 5.51. The zero-order valence-corrected chi connectivity index (χ0v) is 17.0. The first-order chi connectivity index (χ1) is 14.0. The van der Waals surface area contributed by atoms with Crippen LogP contribution in [0.25, 0.3) is 0 Å². The lowest BCUT2D eigenvalue weighted by atomic mass is 9.95. The lowest BCUT2D eigenvalue weighted by molar-refractivity contribution is -0.124. The number of nitrogens with one attached hydrogen (secondary N) is 2. The van der Waals surface area contributed by atoms with E-state index in [4.69, 9.17) is 16.3 Å². The first-order valence-corrected chi connectivity index (χ1v) is 10.5. The predicted octanol–water partition coefficient (Wildman–Crippen LogP) is 3.39. The molecular formula is C23H25ClN2O3. The van der Waals surface area contributed by atoms with Gasteiger partial charge in [-0.25, -0.2) is 0 Å². The van der Waals surface area contributed by atoms with Crippen LogP contribution in [0.2, 0.25) is 5.02 Å². The molecule has 0 spiro atoms. The Labute approximate surface area is 175 Å². The molecular weight excluding hydrogens is 388 g/mol. The van der Waals surface area contributed by atoms with Crippen molar-refractivity contribution in [2.75, 3.05) is 13.2 Å². The van der Waals surface area contributed by atoms with Gasteiger partial charge in [0.05, 0.1) is 5.41 Å². The van der Waals surface area contributed by atoms with Crippen LogP contribution in [0, 0.1) is 0 Å². The molecule has 0 aliphatic heterocycles. The Morgan fingerprint density at radius 3 is 2.52 bits per heavy atom. The number of carbonyl (C=O) groups is 2. The second kappa shape index (κ2) is 8.46. The molecule has 2 amide bonds. The number of rotatable bonds is 9. The first kappa shape index (κ1) is 19.8. The van der Waals surface area contributed by atoms with Crippen molar-refractivity contribution in [2.24, 2.45) is 0 Å². The van der Waals surface area contributed by atoms with E-state index in [2.05, 4.69) is 10.6 Å². The predicted molar refractivity (Wildman–Crippen MR) is 112 cm³/mol. The smallest absolute Gasteiger partial charge is 0.258 e. The Hall–Kier alpha value is -2.53. The monoisotopic (exact) mass is 412 g/mol. The van der Waals surface area contributed by atoms with Crippen LogP contribution in [0.15, 0.2) is 48.5 Å². The van der Waals surface area contributed by atoms with Gasteiger partial charge in [-0.15, -0.1) is 0 Å². The summed E-state index contributed by atoms with van der Waals surface area (Å²) in [4.78, 5) is 24.4. The van der Waals surface area contributed by atoms with Crippen molar-refractivity contribution in [1.82, 2.24) is 10.6 Å². The van der Waals surface area contributed by atoms with E-state index < -0.39 is 5.41 Å². The van der Waals surface area contributed by atoms with E-state index in [9.17, 15) is 9.59 Å². The van der Waals surface area contributed by atoms with Gasteiger partial charge in [0.2, 0.25) is 5.91 Å². The maximum absolute atomic E-state index is 12.7. The molecule has 0 heterocycles. The largest absolute Gasteiger partial charge is 0.484 e. The summed E-state index contributed by atoms with van der Waals surface area (Å²) in [5, 5.41) is 6.62. The van der Waals surface area contributed by atoms with Crippen LogP contribution < -0.4 is 15.4 Å². The highest BCUT2D eigenvalue weighted by Gasteiger charge is 2.51. The van der Waals surface area contributed by atoms with Crippen LogP contribution in [0.3, 0.4) is 0 Å². The average molecular weight is 413 g/mol. The highest BCUT2D eigenvalue weighted by atomic mass is 35.5. The van der Waals surface area contributed by atoms with Crippen molar-refractivity contribution in [3.8, 4) is 5.75 Å². The minimum absolute atomic E-state index is 0.0392. The SMILES string of the molecule is O=C(COc1ccc(CCNC(=O)C2(c3cccc(Cl)c3)CC2)cc1)NC1CC1. The van der Waals surface area contributed by atoms with Gasteiger partial charge < -0.3 is 15.4 Å². The molecule has 2 saturated carbocycles. The van der Waals surface area contributed by atoms with Crippen molar-refractivity contribution >= 4 is 23.4 Å². The number of ether oxygens (including phenoxy) is 1. The Balaban J connectivity index is 1.22. The normalized spacial score (nSPS) is 16.7. The molecule has 0 bridgehead atoms. The number of hydrogen-bond donors (Lipinski definition) is 2. The van der Waals surface area contributed by atoms with Gasteiger partial charge in [-0.3, -0.25) is 9.59 Å². The van der Waals surface area contributed by atoms with E-state index in [1.54, 1.807) is 0 Å². The minimum Gasteiger partial charge on any atom is -0.484 e. The number of carbonyl (C=O) groups excluding carboxylic acids is 2. The third-order valence-corrected chi connectivity index (χ3v) is 5.73. The van der Waals surface area contributed by atoms with E-state index in [-0.39, 0.29) is 18.4 Å². The van der Waals surface area contributed by atoms with E-state index in [0.717, 1.165) is 43.2 Å². The summed E-state index contributed by atoms with van der Waals surface area (Å²) in [6, 6.07) is 15.6. The maximum atomic E-state index is 12.7. The van der Waals surface area contributed by atoms with Crippen molar-refractivity contribution in [2.45, 2.75) is 43.6 Å². The lowest BCUT2D eigenvalue weighted by Crippen LogP contribution is -2.35. The number of hydrogen-bond acceptors (Lipinski definition) is 3. The molecule has 0 saturated heterocycles. The maximum Gasteiger partial charge on any atom is 0.258 e. The summed E-state index contributed by atoms with van der Waals surface area (Å²) in [5.74, 6) is 0.663. The van der Waals surface area contributed by atoms with Gasteiger partial charge in [0.25, 0.3) is 5.91 Å². The van der Waals surface area contributed by atoms with Gasteiger partial charge in [0.1, 0.15) is 5.75 Å². The fourth-order valence-electron chi connectivity index (χ4n) is 3.45. The van der Waals surface area contributed by atoms with Gasteiger partial charge in [0.15, 0.2) is 6.61 Å². The summed E-state index contributed by atoms with van der Waals surface area (Å²) in [7, 11) is 0. The zero-order chi connectivity index (χ0) is 20.3. The van der Waals surface area contributed by atoms with Crippen molar-refractivity contribution < 1.29 is 14.3 Å². The van der Waals surface area contributed by atoms with Gasteiger partial charge >= 0.3 is 0 Å². The lowest BCUT2D eigenvalue weighted by Gasteiger charge is -2.16. The molecule has 5 nitrogen and oxygen atoms in total. The molecule has 0 radical (unpaired) electrons. The molecule has 6 heteroatoms. The Morgan fingerprint density at radius 2 is 1.86 bits per heavy atom. The van der Waals surface area contributed by atoms with Crippen LogP contribution in [-0.4, -0.2) is 31.0 Å². The quantitative estimate of drug-likeness (QED) is 0.663. The standard InChI is InChI=1S/C23H25ClN2O3/c24-18-3-1-2-17(14-18)23(11-12-23)22(28)25-13-10-16-4-8-20(9-5-16)29-15-21(27)26-19-6-7-19/h1-5,8-9,14,19H,6-7,10-13,15H2,(H,25,28)(H,26,27). The molecule has 2 aromatic carbocycles. The molecule has 2 aliphatic rings. The average Bonchev–Trinajstić information content (AvgIpc) is 3.62. The number of amides is 2. The van der Waals surface area contributed by atoms with Gasteiger partial charge in [-0.05, 0) is 67.5 Å². The molecule has 4 rings (SSSR count). The molecule has 0 unspecified atom stereocenters. The van der Waals surface area contributed by atoms with Gasteiger partial charge in [-0.2, -0.15) is 0 Å². The minimum atomic E-state index is -0.413. The molecule has 2 aliphatic carbocycles. The molecule has 2 N–H and O–H groups in total. The van der Waals surface area contributed by atoms with Crippen LogP contribution in [-0.2, 0) is 21.4 Å². The Morgan fingerprint density at radius 1 is 1.10 bits per heavy atom. The first-order valence-electron chi connectivity index (χ1n) is 10.1. The molecule has 0 atom stereocenters. The van der Waals surface area contributed by atoms with E-state index in [1.807, 2.05) is 48.5 Å². The summed E-state index contributed by atoms with van der Waals surface area (Å²) >= 11 is 6.08. The molecule has 2 aromatic rings. The van der Waals surface area contributed by atoms with Gasteiger partial charge in [-0.1, -0.05) is 35.9 Å². The third kappa shape index (κ3) is 5.10. The van der Waals surface area contributed by atoms with Crippen LogP contribution >= 0.6 is 11.6 Å². The van der Waals surface area contributed by atoms with E-state index >= 15 is 0 Å². The Kier molecular flexibility index (Phi) is 5.76. The van der Waals surface area contributed by atoms with E-state index in [1.165, 1.54) is 0 Å². The molecule has 0 aromatic heterocycles. The highest BCUT2D eigenvalue weighted by molar-refractivity contribution is 6.30.